The Labute approximate surface area is 109 Å². The highest BCUT2D eigenvalue weighted by atomic mass is 32.2. The number of nitrogens with one attached hydrogen (secondary N) is 1. The summed E-state index contributed by atoms with van der Waals surface area (Å²) in [5, 5.41) is 3.83. The molecule has 4 heteroatoms. The molecular weight excluding hydrogens is 232 g/mol. The Bertz CT molecular complexity index is 248. The van der Waals surface area contributed by atoms with Crippen LogP contribution in [-0.4, -0.2) is 29.0 Å². The highest BCUT2D eigenvalue weighted by Gasteiger charge is 2.28. The largest absolute Gasteiger partial charge is 0.352 e. The van der Waals surface area contributed by atoms with Crippen molar-refractivity contribution >= 4 is 17.7 Å². The van der Waals surface area contributed by atoms with Gasteiger partial charge in [-0.2, -0.15) is 11.8 Å². The van der Waals surface area contributed by atoms with Gasteiger partial charge in [-0.05, 0) is 30.9 Å². The zero-order valence-electron chi connectivity index (χ0n) is 11.2. The molecule has 0 bridgehead atoms. The van der Waals surface area contributed by atoms with E-state index in [0.29, 0.717) is 6.04 Å². The second-order valence-corrected chi connectivity index (χ2v) is 6.58. The fraction of sp³-hybridized carbons (Fsp3) is 0.923. The molecule has 0 aromatic carbocycles. The summed E-state index contributed by atoms with van der Waals surface area (Å²) in [5.41, 5.74) is 5.93. The van der Waals surface area contributed by atoms with Crippen molar-refractivity contribution in [2.24, 2.45) is 11.7 Å². The van der Waals surface area contributed by atoms with Crippen LogP contribution in [0.15, 0.2) is 0 Å². The molecule has 1 rings (SSSR count). The molecule has 100 valence electrons. The average Bonchev–Trinajstić information content (AvgIpc) is 2.75. The summed E-state index contributed by atoms with van der Waals surface area (Å²) < 4.78 is 0. The Balaban J connectivity index is 2.32. The lowest BCUT2D eigenvalue weighted by molar-refractivity contribution is -0.124. The first-order chi connectivity index (χ1) is 8.08. The molecule has 0 saturated heterocycles. The average molecular weight is 258 g/mol. The van der Waals surface area contributed by atoms with Crippen LogP contribution in [0.4, 0.5) is 0 Å². The molecule has 0 heterocycles. The summed E-state index contributed by atoms with van der Waals surface area (Å²) in [6, 6.07) is -0.000431. The molecule has 0 radical (unpaired) electrons. The normalized spacial score (nSPS) is 27.8. The smallest absolute Gasteiger partial charge is 0.237 e. The van der Waals surface area contributed by atoms with Crippen molar-refractivity contribution in [1.82, 2.24) is 5.32 Å². The van der Waals surface area contributed by atoms with E-state index in [1.165, 1.54) is 6.42 Å². The van der Waals surface area contributed by atoms with Gasteiger partial charge in [-0.1, -0.05) is 27.2 Å². The Morgan fingerprint density at radius 1 is 1.47 bits per heavy atom. The summed E-state index contributed by atoms with van der Waals surface area (Å²) in [4.78, 5) is 11.9. The maximum absolute atomic E-state index is 11.9. The molecule has 3 N–H and O–H groups in total. The van der Waals surface area contributed by atoms with Crippen LogP contribution in [-0.2, 0) is 4.79 Å². The maximum Gasteiger partial charge on any atom is 0.237 e. The summed E-state index contributed by atoms with van der Waals surface area (Å²) in [5.74, 6) is 1.46. The minimum Gasteiger partial charge on any atom is -0.352 e. The lowest BCUT2D eigenvalue weighted by atomic mass is 9.99. The first-order valence-corrected chi connectivity index (χ1v) is 7.80. The monoisotopic (exact) mass is 258 g/mol. The van der Waals surface area contributed by atoms with Crippen molar-refractivity contribution in [2.75, 3.05) is 5.75 Å². The van der Waals surface area contributed by atoms with Crippen LogP contribution >= 0.6 is 11.8 Å². The molecule has 1 fully saturated rings. The van der Waals surface area contributed by atoms with E-state index in [1.54, 1.807) is 0 Å². The summed E-state index contributed by atoms with van der Waals surface area (Å²) in [7, 11) is 0. The van der Waals surface area contributed by atoms with Crippen LogP contribution in [0.3, 0.4) is 0 Å². The standard InChI is InChI=1S/C13H26N2OS/c1-4-9(3)12(14)13(16)15-10-6-7-11(8-10)17-5-2/h9-12H,4-8,14H2,1-3H3,(H,15,16)/t9?,10?,11?,12-/m0/s1. The quantitative estimate of drug-likeness (QED) is 0.767. The second-order valence-electron chi connectivity index (χ2n) is 5.01. The number of thioether (sulfide) groups is 1. The van der Waals surface area contributed by atoms with Gasteiger partial charge in [-0.3, -0.25) is 4.79 Å². The second kappa shape index (κ2) is 7.27. The number of carbonyl (C=O) groups is 1. The van der Waals surface area contributed by atoms with Gasteiger partial charge in [0.1, 0.15) is 0 Å². The number of hydrogen-bond donors (Lipinski definition) is 2. The molecule has 1 aliphatic carbocycles. The predicted octanol–water partition coefficient (Wildman–Crippen LogP) is 2.15. The lowest BCUT2D eigenvalue weighted by Crippen LogP contribution is -2.47. The van der Waals surface area contributed by atoms with Crippen LogP contribution in [0.2, 0.25) is 0 Å². The summed E-state index contributed by atoms with van der Waals surface area (Å²) in [6.45, 7) is 6.30. The Kier molecular flexibility index (Phi) is 6.34. The van der Waals surface area contributed by atoms with Gasteiger partial charge in [-0.25, -0.2) is 0 Å². The van der Waals surface area contributed by atoms with E-state index in [4.69, 9.17) is 5.73 Å². The number of hydrogen-bond acceptors (Lipinski definition) is 3. The van der Waals surface area contributed by atoms with Crippen molar-refractivity contribution in [3.8, 4) is 0 Å². The van der Waals surface area contributed by atoms with Gasteiger partial charge in [-0.15, -0.1) is 0 Å². The van der Waals surface area contributed by atoms with Gasteiger partial charge in [0.25, 0.3) is 0 Å². The highest BCUT2D eigenvalue weighted by molar-refractivity contribution is 7.99. The molecule has 0 aromatic rings. The number of rotatable bonds is 6. The SMILES string of the molecule is CCSC1CCC(NC(=O)[C@@H](N)C(C)CC)C1. The van der Waals surface area contributed by atoms with Crippen molar-refractivity contribution in [2.45, 2.75) is 63.8 Å². The summed E-state index contributed by atoms with van der Waals surface area (Å²) in [6.07, 6.45) is 4.39. The number of nitrogens with two attached hydrogens (primary N) is 1. The van der Waals surface area contributed by atoms with Gasteiger partial charge < -0.3 is 11.1 Å². The maximum atomic E-state index is 11.9. The number of amides is 1. The Morgan fingerprint density at radius 2 is 2.18 bits per heavy atom. The molecule has 3 unspecified atom stereocenters. The third-order valence-corrected chi connectivity index (χ3v) is 4.93. The van der Waals surface area contributed by atoms with E-state index in [9.17, 15) is 4.79 Å². The number of carbonyl (C=O) groups excluding carboxylic acids is 1. The Hall–Kier alpha value is -0.220. The molecule has 4 atom stereocenters. The fourth-order valence-electron chi connectivity index (χ4n) is 2.27. The van der Waals surface area contributed by atoms with Crippen LogP contribution in [0.5, 0.6) is 0 Å². The third kappa shape index (κ3) is 4.51. The molecule has 1 amide bonds. The van der Waals surface area contributed by atoms with E-state index in [-0.39, 0.29) is 17.9 Å². The molecule has 0 spiro atoms. The van der Waals surface area contributed by atoms with E-state index >= 15 is 0 Å². The zero-order valence-corrected chi connectivity index (χ0v) is 12.1. The third-order valence-electron chi connectivity index (χ3n) is 3.69. The van der Waals surface area contributed by atoms with Crippen LogP contribution in [0.25, 0.3) is 0 Å². The highest BCUT2D eigenvalue weighted by Crippen LogP contribution is 2.29. The van der Waals surface area contributed by atoms with Crippen molar-refractivity contribution in [3.05, 3.63) is 0 Å². The molecule has 1 saturated carbocycles. The zero-order chi connectivity index (χ0) is 12.8. The first-order valence-electron chi connectivity index (χ1n) is 6.76. The van der Waals surface area contributed by atoms with Crippen LogP contribution in [0.1, 0.15) is 46.5 Å². The molecule has 0 aromatic heterocycles. The first kappa shape index (κ1) is 14.8. The lowest BCUT2D eigenvalue weighted by Gasteiger charge is -2.20. The minimum atomic E-state index is -0.349. The molecule has 17 heavy (non-hydrogen) atoms. The molecular formula is C13H26N2OS. The van der Waals surface area contributed by atoms with Crippen LogP contribution in [0, 0.1) is 5.92 Å². The molecule has 0 aliphatic heterocycles. The van der Waals surface area contributed by atoms with Gasteiger partial charge in [0.2, 0.25) is 5.91 Å². The Morgan fingerprint density at radius 3 is 2.76 bits per heavy atom. The summed E-state index contributed by atoms with van der Waals surface area (Å²) >= 11 is 2.01. The van der Waals surface area contributed by atoms with Gasteiger partial charge in [0.15, 0.2) is 0 Å². The topological polar surface area (TPSA) is 55.1 Å². The van der Waals surface area contributed by atoms with Gasteiger partial charge >= 0.3 is 0 Å². The molecule has 1 aliphatic rings. The molecule has 3 nitrogen and oxygen atoms in total. The van der Waals surface area contributed by atoms with Crippen molar-refractivity contribution in [3.63, 3.8) is 0 Å². The predicted molar refractivity (Wildman–Crippen MR) is 75.1 cm³/mol. The minimum absolute atomic E-state index is 0.0338. The van der Waals surface area contributed by atoms with Gasteiger partial charge in [0.05, 0.1) is 6.04 Å². The van der Waals surface area contributed by atoms with Crippen LogP contribution < -0.4 is 11.1 Å². The van der Waals surface area contributed by atoms with Gasteiger partial charge in [0, 0.05) is 11.3 Å². The van der Waals surface area contributed by atoms with E-state index < -0.39 is 0 Å². The fourth-order valence-corrected chi connectivity index (χ4v) is 3.41. The van der Waals surface area contributed by atoms with Crippen molar-refractivity contribution < 1.29 is 4.79 Å². The van der Waals surface area contributed by atoms with E-state index in [1.807, 2.05) is 18.7 Å². The van der Waals surface area contributed by atoms with Crippen molar-refractivity contribution in [1.29, 1.82) is 0 Å². The van der Waals surface area contributed by atoms with E-state index in [0.717, 1.165) is 30.3 Å². The van der Waals surface area contributed by atoms with E-state index in [2.05, 4.69) is 19.2 Å².